The molecule has 0 bridgehead atoms. The molecular formula is C32H29Cl2FN2O2. The van der Waals surface area contributed by atoms with E-state index in [2.05, 4.69) is 35.2 Å². The van der Waals surface area contributed by atoms with Gasteiger partial charge in [0.1, 0.15) is 6.07 Å². The van der Waals surface area contributed by atoms with Gasteiger partial charge in [-0.2, -0.15) is 5.26 Å². The Labute approximate surface area is 238 Å². The summed E-state index contributed by atoms with van der Waals surface area (Å²) in [6, 6.07) is 19.5. The molecule has 0 unspecified atom stereocenters. The van der Waals surface area contributed by atoms with Crippen molar-refractivity contribution in [2.24, 2.45) is 5.92 Å². The van der Waals surface area contributed by atoms with Gasteiger partial charge >= 0.3 is 5.97 Å². The van der Waals surface area contributed by atoms with E-state index in [-0.39, 0.29) is 17.8 Å². The van der Waals surface area contributed by atoms with E-state index in [1.165, 1.54) is 11.6 Å². The van der Waals surface area contributed by atoms with Gasteiger partial charge in [-0.25, -0.2) is 4.79 Å². The molecule has 1 saturated heterocycles. The highest BCUT2D eigenvalue weighted by atomic mass is 35.5. The van der Waals surface area contributed by atoms with Crippen molar-refractivity contribution in [1.82, 2.24) is 4.90 Å². The Kier molecular flexibility index (Phi) is 8.37. The Morgan fingerprint density at radius 3 is 2.46 bits per heavy atom. The van der Waals surface area contributed by atoms with E-state index in [9.17, 15) is 19.6 Å². The van der Waals surface area contributed by atoms with E-state index in [0.717, 1.165) is 72.3 Å². The number of nitriles is 1. The molecule has 0 aromatic heterocycles. The molecule has 0 amide bonds. The number of likely N-dealkylation sites (tertiary alicyclic amines) is 1. The fourth-order valence-electron chi connectivity index (χ4n) is 5.92. The number of hydrogen-bond acceptors (Lipinski definition) is 3. The summed E-state index contributed by atoms with van der Waals surface area (Å²) in [5.74, 6) is -0.530. The summed E-state index contributed by atoms with van der Waals surface area (Å²) in [6.45, 7) is 2.56. The predicted molar refractivity (Wildman–Crippen MR) is 154 cm³/mol. The van der Waals surface area contributed by atoms with E-state index in [1.807, 2.05) is 18.2 Å². The molecule has 5 rings (SSSR count). The SMILES string of the molecule is N#Cc1c(C(=O)O)ccc2c1CCCC(c1ccc(Cl)cc1Cl)=C2c1ccc(CC2CN(CCCF)C2)cc1. The molecule has 1 N–H and O–H groups in total. The van der Waals surface area contributed by atoms with Crippen molar-refractivity contribution in [2.75, 3.05) is 26.3 Å². The standard InChI is InChI=1S/C32H29Cl2FN2O2/c33-23-9-10-25(30(34)16-23)26-4-1-3-24-27(11-12-28(32(38)39)29(24)17-36)31(26)22-7-5-20(6-8-22)15-21-18-37(19-21)14-2-13-35/h5-12,16,21H,1-4,13-15,18-19H2,(H,38,39). The predicted octanol–water partition coefficient (Wildman–Crippen LogP) is 7.69. The van der Waals surface area contributed by atoms with Gasteiger partial charge in [-0.1, -0.05) is 59.6 Å². The van der Waals surface area contributed by atoms with Gasteiger partial charge in [0.15, 0.2) is 0 Å². The molecule has 2 aliphatic rings. The number of carboxylic acids is 1. The van der Waals surface area contributed by atoms with Gasteiger partial charge in [-0.3, -0.25) is 4.39 Å². The van der Waals surface area contributed by atoms with Crippen molar-refractivity contribution in [1.29, 1.82) is 5.26 Å². The van der Waals surface area contributed by atoms with Gasteiger partial charge in [0, 0.05) is 29.7 Å². The summed E-state index contributed by atoms with van der Waals surface area (Å²) in [4.78, 5) is 14.2. The fraction of sp³-hybridized carbons (Fsp3) is 0.312. The second kappa shape index (κ2) is 11.9. The number of nitrogens with zero attached hydrogens (tertiary/aromatic N) is 2. The van der Waals surface area contributed by atoms with Crippen LogP contribution >= 0.6 is 23.2 Å². The number of carbonyl (C=O) groups is 1. The lowest BCUT2D eigenvalue weighted by atomic mass is 9.84. The molecule has 3 aromatic rings. The Morgan fingerprint density at radius 1 is 1.05 bits per heavy atom. The number of hydrogen-bond donors (Lipinski definition) is 1. The summed E-state index contributed by atoms with van der Waals surface area (Å²) in [6.07, 6.45) is 3.63. The Balaban J connectivity index is 1.56. The topological polar surface area (TPSA) is 64.3 Å². The van der Waals surface area contributed by atoms with Gasteiger partial charge < -0.3 is 10.0 Å². The maximum atomic E-state index is 12.5. The molecule has 200 valence electrons. The van der Waals surface area contributed by atoms with E-state index in [4.69, 9.17) is 23.2 Å². The molecule has 0 atom stereocenters. The largest absolute Gasteiger partial charge is 0.478 e. The number of carboxylic acid groups (broad SMARTS) is 1. The molecule has 0 spiro atoms. The fourth-order valence-corrected chi connectivity index (χ4v) is 6.45. The average Bonchev–Trinajstić information content (AvgIpc) is 3.09. The maximum absolute atomic E-state index is 12.5. The van der Waals surface area contributed by atoms with Crippen molar-refractivity contribution in [3.8, 4) is 6.07 Å². The maximum Gasteiger partial charge on any atom is 0.337 e. The molecule has 39 heavy (non-hydrogen) atoms. The zero-order valence-electron chi connectivity index (χ0n) is 21.5. The molecule has 3 aromatic carbocycles. The minimum atomic E-state index is -1.10. The normalized spacial score (nSPS) is 15.8. The van der Waals surface area contributed by atoms with E-state index >= 15 is 0 Å². The van der Waals surface area contributed by atoms with Crippen LogP contribution in [0.15, 0.2) is 54.6 Å². The van der Waals surface area contributed by atoms with Crippen LogP contribution in [0.25, 0.3) is 11.1 Å². The highest BCUT2D eigenvalue weighted by molar-refractivity contribution is 6.36. The smallest absolute Gasteiger partial charge is 0.337 e. The molecule has 4 nitrogen and oxygen atoms in total. The van der Waals surface area contributed by atoms with Gasteiger partial charge in [-0.05, 0) is 95.2 Å². The number of aromatic carboxylic acids is 1. The molecular weight excluding hydrogens is 534 g/mol. The van der Waals surface area contributed by atoms with E-state index < -0.39 is 5.97 Å². The first-order valence-corrected chi connectivity index (χ1v) is 14.0. The molecule has 0 radical (unpaired) electrons. The number of halogens is 3. The highest BCUT2D eigenvalue weighted by Crippen LogP contribution is 2.43. The minimum Gasteiger partial charge on any atom is -0.478 e. The zero-order valence-corrected chi connectivity index (χ0v) is 23.0. The second-order valence-electron chi connectivity index (χ2n) is 10.3. The van der Waals surface area contributed by atoms with Crippen molar-refractivity contribution >= 4 is 40.3 Å². The van der Waals surface area contributed by atoms with Crippen LogP contribution in [0.5, 0.6) is 0 Å². The second-order valence-corrected chi connectivity index (χ2v) is 11.2. The van der Waals surface area contributed by atoms with Gasteiger partial charge in [0.2, 0.25) is 0 Å². The van der Waals surface area contributed by atoms with Gasteiger partial charge in [0.25, 0.3) is 0 Å². The lowest BCUT2D eigenvalue weighted by Crippen LogP contribution is -2.47. The Morgan fingerprint density at radius 2 is 1.79 bits per heavy atom. The van der Waals surface area contributed by atoms with Crippen LogP contribution in [0.4, 0.5) is 4.39 Å². The number of rotatable bonds is 8. The lowest BCUT2D eigenvalue weighted by molar-refractivity contribution is 0.0696. The summed E-state index contributed by atoms with van der Waals surface area (Å²) in [5.41, 5.74) is 7.02. The van der Waals surface area contributed by atoms with Crippen LogP contribution in [0, 0.1) is 17.2 Å². The third-order valence-electron chi connectivity index (χ3n) is 7.74. The van der Waals surface area contributed by atoms with Crippen molar-refractivity contribution in [3.63, 3.8) is 0 Å². The third kappa shape index (κ3) is 5.75. The highest BCUT2D eigenvalue weighted by Gasteiger charge is 2.28. The van der Waals surface area contributed by atoms with Crippen molar-refractivity contribution < 1.29 is 14.3 Å². The van der Waals surface area contributed by atoms with Gasteiger partial charge in [0.05, 0.1) is 17.8 Å². The molecule has 1 aliphatic carbocycles. The number of allylic oxidation sites excluding steroid dienone is 1. The van der Waals surface area contributed by atoms with Crippen LogP contribution in [0.1, 0.15) is 63.0 Å². The molecule has 1 fully saturated rings. The average molecular weight is 564 g/mol. The summed E-state index contributed by atoms with van der Waals surface area (Å²) in [7, 11) is 0. The summed E-state index contributed by atoms with van der Waals surface area (Å²) >= 11 is 12.9. The minimum absolute atomic E-state index is 0.0278. The molecule has 1 heterocycles. The first kappa shape index (κ1) is 27.4. The first-order valence-electron chi connectivity index (χ1n) is 13.3. The van der Waals surface area contributed by atoms with Crippen molar-refractivity contribution in [3.05, 3.63) is 104 Å². The van der Waals surface area contributed by atoms with Gasteiger partial charge in [-0.15, -0.1) is 0 Å². The van der Waals surface area contributed by atoms with Crippen LogP contribution in [-0.2, 0) is 12.8 Å². The summed E-state index contributed by atoms with van der Waals surface area (Å²) < 4.78 is 12.5. The third-order valence-corrected chi connectivity index (χ3v) is 8.29. The monoisotopic (exact) mass is 562 g/mol. The molecule has 0 saturated carbocycles. The van der Waals surface area contributed by atoms with Crippen LogP contribution in [0.3, 0.4) is 0 Å². The summed E-state index contributed by atoms with van der Waals surface area (Å²) in [5, 5.41) is 20.8. The van der Waals surface area contributed by atoms with Crippen LogP contribution in [0.2, 0.25) is 10.0 Å². The Hall–Kier alpha value is -3.17. The first-order chi connectivity index (χ1) is 18.9. The molecule has 7 heteroatoms. The number of fused-ring (bicyclic) bond motifs is 1. The Bertz CT molecular complexity index is 1470. The van der Waals surface area contributed by atoms with Crippen LogP contribution in [-0.4, -0.2) is 42.3 Å². The van der Waals surface area contributed by atoms with Crippen molar-refractivity contribution in [2.45, 2.75) is 32.1 Å². The number of benzene rings is 3. The van der Waals surface area contributed by atoms with Crippen LogP contribution < -0.4 is 0 Å². The lowest BCUT2D eigenvalue weighted by Gasteiger charge is -2.39. The zero-order chi connectivity index (χ0) is 27.5. The van der Waals surface area contributed by atoms with E-state index in [0.29, 0.717) is 28.8 Å². The molecule has 1 aliphatic heterocycles. The quantitative estimate of drug-likeness (QED) is 0.305. The van der Waals surface area contributed by atoms with E-state index in [1.54, 1.807) is 6.07 Å². The number of alkyl halides is 1.